The fourth-order valence-electron chi connectivity index (χ4n) is 1.29. The fourth-order valence-corrected chi connectivity index (χ4v) is 2.05. The average molecular weight is 344 g/mol. The number of ether oxygens (including phenoxy) is 1. The number of nitrogens with zero attached hydrogens (tertiary/aromatic N) is 3. The van der Waals surface area contributed by atoms with E-state index in [-0.39, 0.29) is 17.4 Å². The van der Waals surface area contributed by atoms with Crippen LogP contribution in [0.15, 0.2) is 40.2 Å². The van der Waals surface area contributed by atoms with Crippen LogP contribution >= 0.6 is 27.5 Å². The smallest absolute Gasteiger partial charge is 0.249 e. The Kier molecular flexibility index (Phi) is 4.18. The van der Waals surface area contributed by atoms with Crippen molar-refractivity contribution >= 4 is 33.4 Å². The van der Waals surface area contributed by atoms with E-state index in [1.165, 1.54) is 12.4 Å². The highest BCUT2D eigenvalue weighted by molar-refractivity contribution is 9.10. The first-order chi connectivity index (χ1) is 9.11. The third-order valence-electron chi connectivity index (χ3n) is 2.12. The maximum Gasteiger partial charge on any atom is 0.249 e. The van der Waals surface area contributed by atoms with Crippen molar-refractivity contribution in [3.63, 3.8) is 0 Å². The highest BCUT2D eigenvalue weighted by Gasteiger charge is 2.13. The van der Waals surface area contributed by atoms with Gasteiger partial charge in [0.05, 0.1) is 4.47 Å². The van der Waals surface area contributed by atoms with E-state index < -0.39 is 0 Å². The molecule has 6 nitrogen and oxygen atoms in total. The topological polar surface area (TPSA) is 93.6 Å². The lowest BCUT2D eigenvalue weighted by Crippen LogP contribution is -2.16. The predicted octanol–water partition coefficient (Wildman–Crippen LogP) is 2.78. The molecule has 0 fully saturated rings. The molecule has 0 saturated heterocycles. The maximum atomic E-state index is 8.68. The summed E-state index contributed by atoms with van der Waals surface area (Å²) in [5, 5.41) is 12.1. The molecule has 0 bridgehead atoms. The van der Waals surface area contributed by atoms with Crippen molar-refractivity contribution in [1.29, 1.82) is 0 Å². The van der Waals surface area contributed by atoms with Crippen molar-refractivity contribution in [2.75, 3.05) is 0 Å². The van der Waals surface area contributed by atoms with Gasteiger partial charge in [-0.2, -0.15) is 0 Å². The van der Waals surface area contributed by atoms with Crippen LogP contribution in [-0.2, 0) is 0 Å². The van der Waals surface area contributed by atoms with E-state index in [0.717, 1.165) is 0 Å². The van der Waals surface area contributed by atoms with E-state index in [1.54, 1.807) is 18.2 Å². The lowest BCUT2D eigenvalue weighted by Gasteiger charge is -2.09. The molecule has 2 rings (SSSR count). The normalized spacial score (nSPS) is 11.4. The van der Waals surface area contributed by atoms with Gasteiger partial charge >= 0.3 is 0 Å². The molecule has 1 heterocycles. The third kappa shape index (κ3) is 3.12. The largest absolute Gasteiger partial charge is 0.436 e. The molecule has 0 saturated carbocycles. The number of amidine groups is 1. The Morgan fingerprint density at radius 2 is 2.11 bits per heavy atom. The first-order valence-electron chi connectivity index (χ1n) is 5.03. The molecule has 8 heteroatoms. The van der Waals surface area contributed by atoms with Gasteiger partial charge in [0.1, 0.15) is 5.75 Å². The van der Waals surface area contributed by atoms with Crippen LogP contribution < -0.4 is 10.5 Å². The molecule has 0 radical (unpaired) electrons. The minimum Gasteiger partial charge on any atom is -0.436 e. The van der Waals surface area contributed by atoms with Crippen LogP contribution in [-0.4, -0.2) is 21.0 Å². The molecule has 0 aliphatic heterocycles. The molecule has 19 heavy (non-hydrogen) atoms. The molecule has 0 spiro atoms. The van der Waals surface area contributed by atoms with Crippen molar-refractivity contribution < 1.29 is 9.94 Å². The molecule has 0 unspecified atom stereocenters. The van der Waals surface area contributed by atoms with Crippen LogP contribution in [0.5, 0.6) is 11.6 Å². The van der Waals surface area contributed by atoms with Crippen molar-refractivity contribution in [2.24, 2.45) is 10.9 Å². The Balaban J connectivity index is 2.38. The highest BCUT2D eigenvalue weighted by atomic mass is 79.9. The van der Waals surface area contributed by atoms with Gasteiger partial charge in [0.15, 0.2) is 11.5 Å². The van der Waals surface area contributed by atoms with Gasteiger partial charge in [0.2, 0.25) is 5.88 Å². The minimum absolute atomic E-state index is 0.126. The number of hydrogen-bond donors (Lipinski definition) is 2. The van der Waals surface area contributed by atoms with Gasteiger partial charge in [-0.25, -0.2) is 9.97 Å². The zero-order chi connectivity index (χ0) is 13.8. The van der Waals surface area contributed by atoms with E-state index in [9.17, 15) is 0 Å². The summed E-state index contributed by atoms with van der Waals surface area (Å²) in [6.07, 6.45) is 2.85. The molecule has 3 N–H and O–H groups in total. The number of aromatic nitrogens is 2. The van der Waals surface area contributed by atoms with Gasteiger partial charge in [-0.15, -0.1) is 0 Å². The molecular formula is C11H8BrClN4O2. The molecule has 1 aromatic heterocycles. The molecular weight excluding hydrogens is 336 g/mol. The monoisotopic (exact) mass is 342 g/mol. The molecule has 1 aromatic carbocycles. The van der Waals surface area contributed by atoms with Gasteiger partial charge < -0.3 is 15.7 Å². The van der Waals surface area contributed by atoms with Crippen LogP contribution in [0.2, 0.25) is 5.02 Å². The van der Waals surface area contributed by atoms with E-state index >= 15 is 0 Å². The van der Waals surface area contributed by atoms with E-state index in [1.807, 2.05) is 0 Å². The molecule has 2 aromatic rings. The Hall–Kier alpha value is -1.86. The highest BCUT2D eigenvalue weighted by Crippen LogP contribution is 2.31. The quantitative estimate of drug-likeness (QED) is 0.387. The van der Waals surface area contributed by atoms with E-state index in [0.29, 0.717) is 15.2 Å². The number of hydrogen-bond acceptors (Lipinski definition) is 5. The summed E-state index contributed by atoms with van der Waals surface area (Å²) in [6.45, 7) is 0. The van der Waals surface area contributed by atoms with Gasteiger partial charge in [0, 0.05) is 17.4 Å². The average Bonchev–Trinajstić information content (AvgIpc) is 2.41. The Labute approximate surface area is 122 Å². The maximum absolute atomic E-state index is 8.68. The first kappa shape index (κ1) is 13.6. The number of oxime groups is 1. The molecule has 0 atom stereocenters. The summed E-state index contributed by atoms with van der Waals surface area (Å²) in [6, 6.07) is 5.01. The number of halogens is 2. The number of benzene rings is 1. The summed E-state index contributed by atoms with van der Waals surface area (Å²) < 4.78 is 6.22. The number of rotatable bonds is 3. The summed E-state index contributed by atoms with van der Waals surface area (Å²) >= 11 is 9.15. The van der Waals surface area contributed by atoms with Crippen LogP contribution in [0.1, 0.15) is 5.69 Å². The SMILES string of the molecule is NC(=NO)c1nccnc1Oc1ccc(Cl)cc1Br. The molecule has 0 aliphatic rings. The lowest BCUT2D eigenvalue weighted by molar-refractivity contribution is 0.318. The van der Waals surface area contributed by atoms with Crippen LogP contribution in [0.25, 0.3) is 0 Å². The van der Waals surface area contributed by atoms with Crippen molar-refractivity contribution in [2.45, 2.75) is 0 Å². The van der Waals surface area contributed by atoms with Gasteiger partial charge in [0.25, 0.3) is 0 Å². The first-order valence-corrected chi connectivity index (χ1v) is 6.20. The van der Waals surface area contributed by atoms with E-state index in [2.05, 4.69) is 31.1 Å². The lowest BCUT2D eigenvalue weighted by atomic mass is 10.3. The summed E-state index contributed by atoms with van der Waals surface area (Å²) in [4.78, 5) is 7.94. The van der Waals surface area contributed by atoms with E-state index in [4.69, 9.17) is 27.3 Å². The van der Waals surface area contributed by atoms with Crippen molar-refractivity contribution in [1.82, 2.24) is 9.97 Å². The summed E-state index contributed by atoms with van der Waals surface area (Å²) in [5.41, 5.74) is 5.64. The summed E-state index contributed by atoms with van der Waals surface area (Å²) in [7, 11) is 0. The standard InChI is InChI=1S/C11H8BrClN4O2/c12-7-5-6(13)1-2-8(7)19-11-9(10(14)17-18)15-3-4-16-11/h1-5,18H,(H2,14,17). The minimum atomic E-state index is -0.187. The zero-order valence-electron chi connectivity index (χ0n) is 9.42. The Morgan fingerprint density at radius 3 is 2.79 bits per heavy atom. The second-order valence-corrected chi connectivity index (χ2v) is 4.66. The number of nitrogens with two attached hydrogens (primary N) is 1. The molecule has 0 aliphatic carbocycles. The fraction of sp³-hybridized carbons (Fsp3) is 0. The summed E-state index contributed by atoms with van der Waals surface area (Å²) in [5.74, 6) is 0.422. The Morgan fingerprint density at radius 1 is 1.37 bits per heavy atom. The van der Waals surface area contributed by atoms with Gasteiger partial charge in [-0.3, -0.25) is 0 Å². The van der Waals surface area contributed by atoms with Crippen LogP contribution in [0.3, 0.4) is 0 Å². The second kappa shape index (κ2) is 5.85. The van der Waals surface area contributed by atoms with Gasteiger partial charge in [-0.05, 0) is 34.1 Å². The van der Waals surface area contributed by atoms with Crippen LogP contribution in [0, 0.1) is 0 Å². The van der Waals surface area contributed by atoms with Crippen molar-refractivity contribution in [3.05, 3.63) is 45.8 Å². The predicted molar refractivity (Wildman–Crippen MR) is 73.8 cm³/mol. The molecule has 98 valence electrons. The second-order valence-electron chi connectivity index (χ2n) is 3.37. The molecule has 0 amide bonds. The third-order valence-corrected chi connectivity index (χ3v) is 2.97. The Bertz CT molecular complexity index is 636. The van der Waals surface area contributed by atoms with Crippen molar-refractivity contribution in [3.8, 4) is 11.6 Å². The van der Waals surface area contributed by atoms with Gasteiger partial charge in [-0.1, -0.05) is 16.8 Å². The van der Waals surface area contributed by atoms with Crippen LogP contribution in [0.4, 0.5) is 0 Å². The zero-order valence-corrected chi connectivity index (χ0v) is 11.8.